The third kappa shape index (κ3) is 1.38. The first kappa shape index (κ1) is 10.3. The Balaban J connectivity index is 1.70. The quantitative estimate of drug-likeness (QED) is 0.506. The van der Waals surface area contributed by atoms with Gasteiger partial charge in [-0.3, -0.25) is 24.4 Å². The number of carbonyl (C=O) groups is 1. The van der Waals surface area contributed by atoms with Crippen molar-refractivity contribution in [2.24, 2.45) is 0 Å². The standard InChI is InChI=1S/C11H19N5O/c17-9-12-7-15-5-3-13-1-2-14-4-6-16(8-12)11(14)10(13)15/h9-11H,1-8H2. The maximum Gasteiger partial charge on any atom is 0.211 e. The van der Waals surface area contributed by atoms with Crippen LogP contribution in [0.5, 0.6) is 0 Å². The minimum Gasteiger partial charge on any atom is -0.319 e. The lowest BCUT2D eigenvalue weighted by Gasteiger charge is -2.44. The van der Waals surface area contributed by atoms with Crippen LogP contribution in [-0.2, 0) is 4.79 Å². The first-order chi connectivity index (χ1) is 8.36. The molecule has 4 rings (SSSR count). The van der Waals surface area contributed by atoms with Crippen molar-refractivity contribution in [1.82, 2.24) is 24.5 Å². The van der Waals surface area contributed by atoms with Crippen LogP contribution < -0.4 is 0 Å². The van der Waals surface area contributed by atoms with Crippen molar-refractivity contribution < 1.29 is 4.79 Å². The number of piperazine rings is 1. The number of rotatable bonds is 1. The van der Waals surface area contributed by atoms with E-state index in [1.54, 1.807) is 0 Å². The maximum atomic E-state index is 11.1. The van der Waals surface area contributed by atoms with Crippen LogP contribution in [0.1, 0.15) is 0 Å². The van der Waals surface area contributed by atoms with Crippen molar-refractivity contribution in [1.29, 1.82) is 0 Å². The zero-order chi connectivity index (χ0) is 11.4. The van der Waals surface area contributed by atoms with Crippen LogP contribution in [0, 0.1) is 0 Å². The van der Waals surface area contributed by atoms with Gasteiger partial charge in [-0.1, -0.05) is 0 Å². The Bertz CT molecular complexity index is 310. The van der Waals surface area contributed by atoms with E-state index in [2.05, 4.69) is 19.6 Å². The van der Waals surface area contributed by atoms with Crippen molar-refractivity contribution in [3.05, 3.63) is 0 Å². The van der Waals surface area contributed by atoms with Gasteiger partial charge in [0.1, 0.15) is 0 Å². The summed E-state index contributed by atoms with van der Waals surface area (Å²) in [5.41, 5.74) is 0. The molecular formula is C11H19N5O. The number of hydrogen-bond acceptors (Lipinski definition) is 5. The van der Waals surface area contributed by atoms with E-state index in [0.29, 0.717) is 12.3 Å². The average molecular weight is 237 g/mol. The summed E-state index contributed by atoms with van der Waals surface area (Å²) in [4.78, 5) is 23.1. The van der Waals surface area contributed by atoms with Gasteiger partial charge in [-0.25, -0.2) is 0 Å². The van der Waals surface area contributed by atoms with Crippen LogP contribution in [0.25, 0.3) is 0 Å². The molecule has 6 heteroatoms. The van der Waals surface area contributed by atoms with E-state index >= 15 is 0 Å². The summed E-state index contributed by atoms with van der Waals surface area (Å²) in [5, 5.41) is 0. The number of amides is 1. The molecule has 0 saturated carbocycles. The summed E-state index contributed by atoms with van der Waals surface area (Å²) in [7, 11) is 0. The van der Waals surface area contributed by atoms with Gasteiger partial charge >= 0.3 is 0 Å². The molecule has 4 saturated heterocycles. The number of carbonyl (C=O) groups excluding carboxylic acids is 1. The summed E-state index contributed by atoms with van der Waals surface area (Å²) in [5.74, 6) is 0. The molecule has 1 amide bonds. The summed E-state index contributed by atoms with van der Waals surface area (Å²) in [6, 6.07) is 0. The molecule has 4 aliphatic heterocycles. The Morgan fingerprint density at radius 1 is 0.706 bits per heavy atom. The highest BCUT2D eigenvalue weighted by atomic mass is 16.1. The van der Waals surface area contributed by atoms with Gasteiger partial charge in [-0.15, -0.1) is 0 Å². The van der Waals surface area contributed by atoms with Crippen LogP contribution in [0.2, 0.25) is 0 Å². The summed E-state index contributed by atoms with van der Waals surface area (Å²) >= 11 is 0. The molecule has 6 nitrogen and oxygen atoms in total. The van der Waals surface area contributed by atoms with E-state index in [9.17, 15) is 4.79 Å². The predicted molar refractivity (Wildman–Crippen MR) is 61.8 cm³/mol. The Hall–Kier alpha value is -0.690. The first-order valence-electron chi connectivity index (χ1n) is 6.52. The lowest BCUT2D eigenvalue weighted by atomic mass is 10.2. The van der Waals surface area contributed by atoms with E-state index in [1.807, 2.05) is 4.90 Å². The van der Waals surface area contributed by atoms with E-state index in [-0.39, 0.29) is 0 Å². The molecule has 4 fully saturated rings. The second-order valence-electron chi connectivity index (χ2n) is 5.50. The molecular weight excluding hydrogens is 218 g/mol. The van der Waals surface area contributed by atoms with Gasteiger partial charge in [-0.2, -0.15) is 0 Å². The fourth-order valence-corrected chi connectivity index (χ4v) is 3.89. The number of nitrogens with zero attached hydrogens (tertiary/aromatic N) is 5. The lowest BCUT2D eigenvalue weighted by molar-refractivity contribution is -0.121. The minimum absolute atomic E-state index is 0.510. The molecule has 0 N–H and O–H groups in total. The van der Waals surface area contributed by atoms with Gasteiger partial charge in [-0.05, 0) is 0 Å². The van der Waals surface area contributed by atoms with Crippen LogP contribution in [0.3, 0.4) is 0 Å². The van der Waals surface area contributed by atoms with E-state index in [4.69, 9.17) is 0 Å². The van der Waals surface area contributed by atoms with Crippen molar-refractivity contribution in [2.75, 3.05) is 52.6 Å². The van der Waals surface area contributed by atoms with Crippen LogP contribution in [-0.4, -0.2) is 95.8 Å². The highest BCUT2D eigenvalue weighted by Crippen LogP contribution is 2.32. The Kier molecular flexibility index (Phi) is 2.20. The molecule has 2 atom stereocenters. The number of hydrogen-bond donors (Lipinski definition) is 0. The largest absolute Gasteiger partial charge is 0.319 e. The molecule has 17 heavy (non-hydrogen) atoms. The SMILES string of the molecule is O=CN1CN2CCN3CCN4CCN(C1)C4C32. The van der Waals surface area contributed by atoms with Gasteiger partial charge in [0.15, 0.2) is 0 Å². The smallest absolute Gasteiger partial charge is 0.211 e. The Morgan fingerprint density at radius 2 is 1.12 bits per heavy atom. The van der Waals surface area contributed by atoms with E-state index < -0.39 is 0 Å². The van der Waals surface area contributed by atoms with Crippen LogP contribution in [0.15, 0.2) is 0 Å². The Morgan fingerprint density at radius 3 is 1.53 bits per heavy atom. The maximum absolute atomic E-state index is 11.1. The lowest BCUT2D eigenvalue weighted by Crippen LogP contribution is -2.61. The predicted octanol–water partition coefficient (Wildman–Crippen LogP) is -1.73. The fourth-order valence-electron chi connectivity index (χ4n) is 3.89. The van der Waals surface area contributed by atoms with Crippen LogP contribution in [0.4, 0.5) is 0 Å². The van der Waals surface area contributed by atoms with Crippen molar-refractivity contribution in [2.45, 2.75) is 12.3 Å². The molecule has 0 radical (unpaired) electrons. The molecule has 4 aliphatic rings. The fraction of sp³-hybridized carbons (Fsp3) is 0.909. The molecule has 0 aromatic carbocycles. The van der Waals surface area contributed by atoms with Gasteiger partial charge < -0.3 is 4.90 Å². The minimum atomic E-state index is 0.510. The zero-order valence-electron chi connectivity index (χ0n) is 10.0. The van der Waals surface area contributed by atoms with Gasteiger partial charge in [0.05, 0.1) is 25.7 Å². The van der Waals surface area contributed by atoms with E-state index in [1.165, 1.54) is 13.1 Å². The molecule has 0 aromatic rings. The Labute approximate surface area is 101 Å². The molecule has 4 heterocycles. The highest BCUT2D eigenvalue weighted by Gasteiger charge is 2.50. The average Bonchev–Trinajstić information content (AvgIpc) is 2.88. The molecule has 2 unspecified atom stereocenters. The van der Waals surface area contributed by atoms with Crippen molar-refractivity contribution >= 4 is 6.41 Å². The van der Waals surface area contributed by atoms with Crippen molar-refractivity contribution in [3.63, 3.8) is 0 Å². The third-order valence-electron chi connectivity index (χ3n) is 4.66. The third-order valence-corrected chi connectivity index (χ3v) is 4.66. The summed E-state index contributed by atoms with van der Waals surface area (Å²) in [6.45, 7) is 8.50. The highest BCUT2D eigenvalue weighted by molar-refractivity contribution is 5.46. The molecule has 94 valence electrons. The van der Waals surface area contributed by atoms with E-state index in [0.717, 1.165) is 45.9 Å². The van der Waals surface area contributed by atoms with Gasteiger partial charge in [0.2, 0.25) is 6.41 Å². The first-order valence-corrected chi connectivity index (χ1v) is 6.52. The molecule has 0 spiro atoms. The molecule has 0 aliphatic carbocycles. The van der Waals surface area contributed by atoms with Gasteiger partial charge in [0.25, 0.3) is 0 Å². The normalized spacial score (nSPS) is 39.4. The molecule has 0 aromatic heterocycles. The van der Waals surface area contributed by atoms with Gasteiger partial charge in [0, 0.05) is 39.3 Å². The van der Waals surface area contributed by atoms with Crippen LogP contribution >= 0.6 is 0 Å². The summed E-state index contributed by atoms with van der Waals surface area (Å²) in [6.07, 6.45) is 2.02. The topological polar surface area (TPSA) is 33.3 Å². The molecule has 0 bridgehead atoms. The summed E-state index contributed by atoms with van der Waals surface area (Å²) < 4.78 is 0. The zero-order valence-corrected chi connectivity index (χ0v) is 10.0. The van der Waals surface area contributed by atoms with Crippen molar-refractivity contribution in [3.8, 4) is 0 Å². The second kappa shape index (κ2) is 3.65. The monoisotopic (exact) mass is 237 g/mol. The second-order valence-corrected chi connectivity index (χ2v) is 5.50.